The Bertz CT molecular complexity index is 1800. The maximum absolute atomic E-state index is 14.0. The van der Waals surface area contributed by atoms with E-state index in [1.807, 2.05) is 34.9 Å². The number of hydrogen-bond donors (Lipinski definition) is 0. The first-order valence-corrected chi connectivity index (χ1v) is 15.5. The molecule has 0 saturated heterocycles. The summed E-state index contributed by atoms with van der Waals surface area (Å²) in [5.74, 6) is 1.62. The molecule has 39 heavy (non-hydrogen) atoms. The molecule has 0 fully saturated rings. The second kappa shape index (κ2) is 11.1. The smallest absolute Gasteiger partial charge is 0.271 e. The lowest BCUT2D eigenvalue weighted by Crippen LogP contribution is -2.38. The molecule has 196 valence electrons. The molecule has 0 amide bonds. The highest BCUT2D eigenvalue weighted by atomic mass is 127. The van der Waals surface area contributed by atoms with Crippen LogP contribution in [0.4, 0.5) is 0 Å². The fourth-order valence-electron chi connectivity index (χ4n) is 5.20. The van der Waals surface area contributed by atoms with E-state index in [0.717, 1.165) is 58.7 Å². The van der Waals surface area contributed by atoms with Gasteiger partial charge in [-0.1, -0.05) is 60.4 Å². The Labute approximate surface area is 257 Å². The van der Waals surface area contributed by atoms with Crippen LogP contribution in [-0.4, -0.2) is 18.3 Å². The molecule has 1 atom stereocenters. The van der Waals surface area contributed by atoms with Crippen LogP contribution < -0.4 is 24.4 Å². The van der Waals surface area contributed by atoms with Crippen LogP contribution in [0.25, 0.3) is 11.8 Å². The summed E-state index contributed by atoms with van der Waals surface area (Å²) in [5.41, 5.74) is 6.63. The summed E-state index contributed by atoms with van der Waals surface area (Å²) in [6.45, 7) is 4.18. The van der Waals surface area contributed by atoms with Crippen LogP contribution in [0.5, 0.6) is 11.5 Å². The van der Waals surface area contributed by atoms with E-state index in [0.29, 0.717) is 11.1 Å². The van der Waals surface area contributed by atoms with E-state index in [2.05, 4.69) is 88.2 Å². The fourth-order valence-corrected chi connectivity index (χ4v) is 8.33. The number of rotatable bonds is 6. The summed E-state index contributed by atoms with van der Waals surface area (Å²) in [5, 5.41) is 0. The summed E-state index contributed by atoms with van der Waals surface area (Å²) >= 11 is 6.00. The maximum atomic E-state index is 14.0. The number of aryl methyl sites for hydroxylation is 1. The summed E-state index contributed by atoms with van der Waals surface area (Å²) in [6.07, 6.45) is 5.49. The molecule has 0 radical (unpaired) electrons. The summed E-state index contributed by atoms with van der Waals surface area (Å²) in [6, 6.07) is 20.4. The summed E-state index contributed by atoms with van der Waals surface area (Å²) in [4.78, 5) is 19.8. The van der Waals surface area contributed by atoms with E-state index >= 15 is 0 Å². The number of hydrogen-bond acceptors (Lipinski definition) is 5. The van der Waals surface area contributed by atoms with Gasteiger partial charge < -0.3 is 9.47 Å². The van der Waals surface area contributed by atoms with Crippen LogP contribution in [0, 0.1) is 7.14 Å². The molecular weight excluding hydrogens is 734 g/mol. The third-order valence-corrected chi connectivity index (χ3v) is 9.55. The van der Waals surface area contributed by atoms with E-state index in [-0.39, 0.29) is 11.6 Å². The second-order valence-electron chi connectivity index (χ2n) is 9.30. The Kier molecular flexibility index (Phi) is 7.52. The largest absolute Gasteiger partial charge is 0.497 e. The first-order chi connectivity index (χ1) is 19.0. The van der Waals surface area contributed by atoms with Gasteiger partial charge in [-0.2, -0.15) is 0 Å². The topological polar surface area (TPSA) is 52.8 Å². The van der Waals surface area contributed by atoms with Crippen molar-refractivity contribution >= 4 is 68.3 Å². The highest BCUT2D eigenvalue weighted by molar-refractivity contribution is 14.1. The van der Waals surface area contributed by atoms with Crippen LogP contribution in [-0.2, 0) is 6.42 Å². The monoisotopic (exact) mass is 758 g/mol. The van der Waals surface area contributed by atoms with Gasteiger partial charge >= 0.3 is 0 Å². The standard InChI is InChI=1S/C31H24I2N2O3S/c1-3-14-38-29-24(32)15-18(16-25(29)33)17-26-30(36)35-28(20-8-11-21(37-2)12-9-20)23-13-10-19-6-4-5-7-22(19)27(23)34-31(35)39-26/h3-9,11-12,15-17,28H,1,10,13-14H2,2H3/b26-17-/t28-/m1/s1. The number of benzene rings is 3. The number of allylic oxidation sites excluding steroid dienone is 1. The number of thiazole rings is 1. The van der Waals surface area contributed by atoms with Crippen molar-refractivity contribution in [2.45, 2.75) is 18.9 Å². The molecule has 2 aliphatic rings. The highest BCUT2D eigenvalue weighted by Gasteiger charge is 2.32. The van der Waals surface area contributed by atoms with Gasteiger partial charge in [0, 0.05) is 5.56 Å². The van der Waals surface area contributed by atoms with E-state index in [1.54, 1.807) is 13.2 Å². The Morgan fingerprint density at radius 2 is 1.85 bits per heavy atom. The Morgan fingerprint density at radius 1 is 1.10 bits per heavy atom. The lowest BCUT2D eigenvalue weighted by atomic mass is 9.83. The molecule has 0 N–H and O–H groups in total. The van der Waals surface area contributed by atoms with Crippen LogP contribution in [0.15, 0.2) is 88.7 Å². The molecule has 1 aliphatic carbocycles. The van der Waals surface area contributed by atoms with Crippen molar-refractivity contribution in [3.63, 3.8) is 0 Å². The lowest BCUT2D eigenvalue weighted by molar-refractivity contribution is 0.358. The molecule has 1 aromatic heterocycles. The van der Waals surface area contributed by atoms with Gasteiger partial charge in [-0.05, 0) is 111 Å². The predicted octanol–water partition coefficient (Wildman–Crippen LogP) is 6.10. The van der Waals surface area contributed by atoms with Gasteiger partial charge in [0.25, 0.3) is 5.56 Å². The van der Waals surface area contributed by atoms with Gasteiger partial charge in [-0.3, -0.25) is 9.36 Å². The van der Waals surface area contributed by atoms with Crippen molar-refractivity contribution in [3.05, 3.63) is 128 Å². The molecule has 0 bridgehead atoms. The first kappa shape index (κ1) is 26.5. The first-order valence-electron chi connectivity index (χ1n) is 12.5. The van der Waals surface area contributed by atoms with Crippen LogP contribution in [0.2, 0.25) is 0 Å². The van der Waals surface area contributed by atoms with E-state index in [1.165, 1.54) is 22.5 Å². The Balaban J connectivity index is 1.54. The van der Waals surface area contributed by atoms with Crippen LogP contribution in [0.1, 0.15) is 34.7 Å². The minimum atomic E-state index is -0.215. The number of fused-ring (bicyclic) bond motifs is 3. The zero-order valence-corrected chi connectivity index (χ0v) is 26.2. The van der Waals surface area contributed by atoms with Crippen molar-refractivity contribution in [2.24, 2.45) is 4.99 Å². The van der Waals surface area contributed by atoms with Gasteiger partial charge in [0.15, 0.2) is 4.80 Å². The Morgan fingerprint density at radius 3 is 2.56 bits per heavy atom. The van der Waals surface area contributed by atoms with E-state index in [4.69, 9.17) is 14.5 Å². The molecule has 0 saturated carbocycles. The minimum absolute atomic E-state index is 0.0259. The molecule has 4 aromatic rings. The average molecular weight is 758 g/mol. The van der Waals surface area contributed by atoms with Gasteiger partial charge in [0.05, 0.1) is 30.5 Å². The van der Waals surface area contributed by atoms with Crippen LogP contribution in [0.3, 0.4) is 0 Å². The highest BCUT2D eigenvalue weighted by Crippen LogP contribution is 2.41. The lowest BCUT2D eigenvalue weighted by Gasteiger charge is -2.30. The predicted molar refractivity (Wildman–Crippen MR) is 173 cm³/mol. The quantitative estimate of drug-likeness (QED) is 0.177. The van der Waals surface area contributed by atoms with Crippen molar-refractivity contribution in [1.82, 2.24) is 4.57 Å². The molecule has 3 aromatic carbocycles. The molecule has 2 heterocycles. The number of ether oxygens (including phenoxy) is 2. The van der Waals surface area contributed by atoms with Crippen molar-refractivity contribution in [2.75, 3.05) is 13.7 Å². The normalized spacial score (nSPS) is 16.2. The van der Waals surface area contributed by atoms with Crippen molar-refractivity contribution in [1.29, 1.82) is 0 Å². The Hall–Kier alpha value is -2.70. The molecule has 8 heteroatoms. The SMILES string of the molecule is C=CCOc1c(I)cc(/C=c2\sc3n(c2=O)[C@H](c2ccc(OC)cc2)C2=C(N=3)c3ccccc3CC2)cc1I. The van der Waals surface area contributed by atoms with E-state index < -0.39 is 0 Å². The molecule has 0 unspecified atom stereocenters. The van der Waals surface area contributed by atoms with Crippen molar-refractivity contribution in [3.8, 4) is 11.5 Å². The number of halogens is 2. The second-order valence-corrected chi connectivity index (χ2v) is 12.6. The minimum Gasteiger partial charge on any atom is -0.497 e. The zero-order valence-electron chi connectivity index (χ0n) is 21.1. The number of nitrogens with zero attached hydrogens (tertiary/aromatic N) is 2. The average Bonchev–Trinajstić information content (AvgIpc) is 3.25. The number of aromatic nitrogens is 1. The number of methoxy groups -OCH3 is 1. The van der Waals surface area contributed by atoms with Gasteiger partial charge in [0.2, 0.25) is 0 Å². The molecule has 5 nitrogen and oxygen atoms in total. The molecule has 6 rings (SSSR count). The van der Waals surface area contributed by atoms with Gasteiger partial charge in [0.1, 0.15) is 18.1 Å². The summed E-state index contributed by atoms with van der Waals surface area (Å²) in [7, 11) is 1.66. The molecule has 0 spiro atoms. The summed E-state index contributed by atoms with van der Waals surface area (Å²) < 4.78 is 15.8. The van der Waals surface area contributed by atoms with Crippen LogP contribution >= 0.6 is 56.5 Å². The third-order valence-electron chi connectivity index (χ3n) is 6.97. The molecule has 1 aliphatic heterocycles. The van der Waals surface area contributed by atoms with E-state index in [9.17, 15) is 4.79 Å². The van der Waals surface area contributed by atoms with Crippen molar-refractivity contribution < 1.29 is 9.47 Å². The van der Waals surface area contributed by atoms with Gasteiger partial charge in [-0.15, -0.1) is 0 Å². The van der Waals surface area contributed by atoms with Gasteiger partial charge in [-0.25, -0.2) is 4.99 Å². The fraction of sp³-hybridized carbons (Fsp3) is 0.161. The maximum Gasteiger partial charge on any atom is 0.271 e. The molecular formula is C31H24I2N2O3S. The zero-order chi connectivity index (χ0) is 27.1. The third kappa shape index (κ3) is 4.91.